The Labute approximate surface area is 193 Å². The molecule has 1 atom stereocenters. The van der Waals surface area contributed by atoms with Crippen molar-refractivity contribution in [1.29, 1.82) is 0 Å². The van der Waals surface area contributed by atoms with Crippen molar-refractivity contribution in [3.8, 4) is 0 Å². The molecule has 0 aliphatic carbocycles. The molecule has 2 aromatic carbocycles. The third-order valence-electron chi connectivity index (χ3n) is 6.26. The summed E-state index contributed by atoms with van der Waals surface area (Å²) in [7, 11) is 1.78. The maximum Gasteiger partial charge on any atom is 0.257 e. The predicted molar refractivity (Wildman–Crippen MR) is 124 cm³/mol. The van der Waals surface area contributed by atoms with Crippen LogP contribution in [0.25, 0.3) is 0 Å². The molecular formula is C26H29FN4O2. The van der Waals surface area contributed by atoms with E-state index in [-0.39, 0.29) is 30.0 Å². The van der Waals surface area contributed by atoms with E-state index in [0.29, 0.717) is 37.2 Å². The molecule has 1 aliphatic heterocycles. The zero-order valence-corrected chi connectivity index (χ0v) is 18.8. The van der Waals surface area contributed by atoms with Gasteiger partial charge >= 0.3 is 0 Å². The number of aromatic nitrogens is 2. The fourth-order valence-electron chi connectivity index (χ4n) is 4.45. The standard InChI is InChI=1S/C26H29FN4O2/c1-30(17-19-8-3-2-4-9-19)26(33)22-16-28-29-25(22)21-11-7-15-31(18-21)24(32)14-13-20-10-5-6-12-23(20)27/h2-6,8-10,12,16,21H,7,11,13-15,17-18H2,1H3,(H,28,29)/t21-/m1/s1. The van der Waals surface area contributed by atoms with Gasteiger partial charge < -0.3 is 9.80 Å². The van der Waals surface area contributed by atoms with Crippen LogP contribution in [0.4, 0.5) is 4.39 Å². The summed E-state index contributed by atoms with van der Waals surface area (Å²) in [4.78, 5) is 29.5. The van der Waals surface area contributed by atoms with Crippen LogP contribution in [0, 0.1) is 5.82 Å². The second-order valence-electron chi connectivity index (χ2n) is 8.61. The number of halogens is 1. The largest absolute Gasteiger partial charge is 0.342 e. The minimum Gasteiger partial charge on any atom is -0.342 e. The van der Waals surface area contributed by atoms with Crippen LogP contribution in [0.1, 0.15) is 52.4 Å². The molecule has 1 fully saturated rings. The van der Waals surface area contributed by atoms with Crippen molar-refractivity contribution in [3.63, 3.8) is 0 Å². The van der Waals surface area contributed by atoms with Gasteiger partial charge in [-0.05, 0) is 36.5 Å². The van der Waals surface area contributed by atoms with Gasteiger partial charge in [-0.15, -0.1) is 0 Å². The molecule has 7 heteroatoms. The van der Waals surface area contributed by atoms with E-state index in [4.69, 9.17) is 0 Å². The summed E-state index contributed by atoms with van der Waals surface area (Å²) in [5.74, 6) is -0.341. The molecule has 1 N–H and O–H groups in total. The van der Waals surface area contributed by atoms with Gasteiger partial charge in [0.2, 0.25) is 5.91 Å². The highest BCUT2D eigenvalue weighted by molar-refractivity contribution is 5.95. The smallest absolute Gasteiger partial charge is 0.257 e. The van der Waals surface area contributed by atoms with Crippen LogP contribution in [0.15, 0.2) is 60.8 Å². The predicted octanol–water partition coefficient (Wildman–Crippen LogP) is 4.16. The number of aryl methyl sites for hydroxylation is 1. The number of likely N-dealkylation sites (tertiary alicyclic amines) is 1. The van der Waals surface area contributed by atoms with Crippen LogP contribution in [0.5, 0.6) is 0 Å². The summed E-state index contributed by atoms with van der Waals surface area (Å²) in [5, 5.41) is 7.16. The van der Waals surface area contributed by atoms with Gasteiger partial charge in [-0.3, -0.25) is 14.7 Å². The van der Waals surface area contributed by atoms with Crippen molar-refractivity contribution in [3.05, 3.63) is 89.0 Å². The molecular weight excluding hydrogens is 419 g/mol. The minimum atomic E-state index is -0.276. The van der Waals surface area contributed by atoms with Crippen molar-refractivity contribution < 1.29 is 14.0 Å². The van der Waals surface area contributed by atoms with Crippen molar-refractivity contribution in [2.75, 3.05) is 20.1 Å². The molecule has 33 heavy (non-hydrogen) atoms. The van der Waals surface area contributed by atoms with Crippen molar-refractivity contribution in [1.82, 2.24) is 20.0 Å². The van der Waals surface area contributed by atoms with Crippen LogP contribution in [0.3, 0.4) is 0 Å². The summed E-state index contributed by atoms with van der Waals surface area (Å²) in [6.45, 7) is 1.72. The fraction of sp³-hybridized carbons (Fsp3) is 0.346. The molecule has 1 aliphatic rings. The van der Waals surface area contributed by atoms with Crippen LogP contribution in [-0.2, 0) is 17.8 Å². The lowest BCUT2D eigenvalue weighted by atomic mass is 9.92. The van der Waals surface area contributed by atoms with Crippen LogP contribution in [-0.4, -0.2) is 51.9 Å². The molecule has 0 spiro atoms. The van der Waals surface area contributed by atoms with Gasteiger partial charge in [0.25, 0.3) is 5.91 Å². The number of aromatic amines is 1. The number of amides is 2. The first-order chi connectivity index (χ1) is 16.0. The van der Waals surface area contributed by atoms with E-state index in [1.807, 2.05) is 35.2 Å². The molecule has 4 rings (SSSR count). The lowest BCUT2D eigenvalue weighted by Crippen LogP contribution is -2.40. The highest BCUT2D eigenvalue weighted by atomic mass is 19.1. The number of piperidine rings is 1. The number of nitrogens with zero attached hydrogens (tertiary/aromatic N) is 3. The number of hydrogen-bond acceptors (Lipinski definition) is 3. The van der Waals surface area contributed by atoms with Gasteiger partial charge in [0.1, 0.15) is 5.82 Å². The normalized spacial score (nSPS) is 15.9. The van der Waals surface area contributed by atoms with Gasteiger partial charge in [0.05, 0.1) is 17.5 Å². The van der Waals surface area contributed by atoms with E-state index < -0.39 is 0 Å². The highest BCUT2D eigenvalue weighted by Gasteiger charge is 2.29. The molecule has 172 valence electrons. The minimum absolute atomic E-state index is 0.0107. The van der Waals surface area contributed by atoms with Crippen LogP contribution in [0.2, 0.25) is 0 Å². The number of H-pyrrole nitrogens is 1. The van der Waals surface area contributed by atoms with Gasteiger partial charge in [0.15, 0.2) is 0 Å². The molecule has 0 unspecified atom stereocenters. The monoisotopic (exact) mass is 448 g/mol. The third kappa shape index (κ3) is 5.48. The van der Waals surface area contributed by atoms with E-state index >= 15 is 0 Å². The Morgan fingerprint density at radius 1 is 1.15 bits per heavy atom. The number of benzene rings is 2. The molecule has 6 nitrogen and oxygen atoms in total. The van der Waals surface area contributed by atoms with Gasteiger partial charge in [0, 0.05) is 39.0 Å². The summed E-state index contributed by atoms with van der Waals surface area (Å²) in [5.41, 5.74) is 2.95. The third-order valence-corrected chi connectivity index (χ3v) is 6.26. The van der Waals surface area contributed by atoms with Gasteiger partial charge in [-0.1, -0.05) is 48.5 Å². The molecule has 2 heterocycles. The second-order valence-corrected chi connectivity index (χ2v) is 8.61. The average molecular weight is 449 g/mol. The summed E-state index contributed by atoms with van der Waals surface area (Å²) in [6, 6.07) is 16.4. The molecule has 0 bridgehead atoms. The molecule has 1 saturated heterocycles. The van der Waals surface area contributed by atoms with Gasteiger partial charge in [-0.2, -0.15) is 5.10 Å². The van der Waals surface area contributed by atoms with E-state index in [9.17, 15) is 14.0 Å². The van der Waals surface area contributed by atoms with Crippen LogP contribution >= 0.6 is 0 Å². The Balaban J connectivity index is 1.39. The first-order valence-corrected chi connectivity index (χ1v) is 11.4. The number of nitrogens with one attached hydrogen (secondary N) is 1. The summed E-state index contributed by atoms with van der Waals surface area (Å²) < 4.78 is 13.9. The Morgan fingerprint density at radius 2 is 1.91 bits per heavy atom. The first-order valence-electron chi connectivity index (χ1n) is 11.4. The second kappa shape index (κ2) is 10.4. The fourth-order valence-corrected chi connectivity index (χ4v) is 4.45. The lowest BCUT2D eigenvalue weighted by molar-refractivity contribution is -0.132. The highest BCUT2D eigenvalue weighted by Crippen LogP contribution is 2.29. The number of carbonyl (C=O) groups excluding carboxylic acids is 2. The van der Waals surface area contributed by atoms with Crippen molar-refractivity contribution in [2.45, 2.75) is 38.1 Å². The van der Waals surface area contributed by atoms with E-state index in [2.05, 4.69) is 10.2 Å². The SMILES string of the molecule is CN(Cc1ccccc1)C(=O)c1cn[nH]c1[C@@H]1CCCN(C(=O)CCc2ccccc2F)C1. The zero-order valence-electron chi connectivity index (χ0n) is 18.8. The molecule has 1 aromatic heterocycles. The van der Waals surface area contributed by atoms with Crippen molar-refractivity contribution in [2.24, 2.45) is 0 Å². The average Bonchev–Trinajstić information content (AvgIpc) is 3.33. The van der Waals surface area contributed by atoms with E-state index in [0.717, 1.165) is 24.1 Å². The van der Waals surface area contributed by atoms with Gasteiger partial charge in [-0.25, -0.2) is 4.39 Å². The van der Waals surface area contributed by atoms with E-state index in [1.165, 1.54) is 6.07 Å². The zero-order chi connectivity index (χ0) is 23.2. The van der Waals surface area contributed by atoms with E-state index in [1.54, 1.807) is 36.3 Å². The Hall–Kier alpha value is -3.48. The first kappa shape index (κ1) is 22.7. The summed E-state index contributed by atoms with van der Waals surface area (Å²) >= 11 is 0. The molecule has 3 aromatic rings. The Kier molecular flexibility index (Phi) is 7.17. The lowest BCUT2D eigenvalue weighted by Gasteiger charge is -2.33. The number of rotatable bonds is 7. The Morgan fingerprint density at radius 3 is 2.70 bits per heavy atom. The number of carbonyl (C=O) groups is 2. The quantitative estimate of drug-likeness (QED) is 0.590. The number of hydrogen-bond donors (Lipinski definition) is 1. The maximum atomic E-state index is 13.9. The molecule has 0 saturated carbocycles. The maximum absolute atomic E-state index is 13.9. The Bertz CT molecular complexity index is 1100. The molecule has 0 radical (unpaired) electrons. The summed E-state index contributed by atoms with van der Waals surface area (Å²) in [6.07, 6.45) is 3.95. The molecule has 2 amide bonds. The van der Waals surface area contributed by atoms with Crippen LogP contribution < -0.4 is 0 Å². The topological polar surface area (TPSA) is 69.3 Å². The van der Waals surface area contributed by atoms with Crippen molar-refractivity contribution >= 4 is 11.8 Å².